The lowest BCUT2D eigenvalue weighted by Crippen LogP contribution is -2.24. The molecule has 2 aromatic rings. The van der Waals surface area contributed by atoms with Crippen molar-refractivity contribution < 1.29 is 4.79 Å². The van der Waals surface area contributed by atoms with Crippen LogP contribution < -0.4 is 11.2 Å². The molecular formula is C12H14BrN5OS. The lowest BCUT2D eigenvalue weighted by atomic mass is 10.2. The molecule has 1 aromatic heterocycles. The third-order valence-electron chi connectivity index (χ3n) is 2.49. The zero-order valence-corrected chi connectivity index (χ0v) is 13.2. The highest BCUT2D eigenvalue weighted by atomic mass is 79.9. The van der Waals surface area contributed by atoms with Crippen molar-refractivity contribution in [3.8, 4) is 11.4 Å². The van der Waals surface area contributed by atoms with Gasteiger partial charge in [-0.3, -0.25) is 4.79 Å². The Labute approximate surface area is 129 Å². The molecule has 0 aliphatic carbocycles. The van der Waals surface area contributed by atoms with Crippen LogP contribution in [0.4, 0.5) is 0 Å². The topological polar surface area (TPSA) is 85.8 Å². The Bertz CT molecular complexity index is 616. The molecule has 1 aromatic carbocycles. The first-order valence-electron chi connectivity index (χ1n) is 5.98. The van der Waals surface area contributed by atoms with E-state index in [-0.39, 0.29) is 11.7 Å². The summed E-state index contributed by atoms with van der Waals surface area (Å²) in [6.07, 6.45) is 0. The number of aromatic nitrogens is 3. The highest BCUT2D eigenvalue weighted by molar-refractivity contribution is 9.10. The number of hydrogen-bond acceptors (Lipinski definition) is 5. The Hall–Kier alpha value is -1.54. The van der Waals surface area contributed by atoms with Gasteiger partial charge in [0.1, 0.15) is 0 Å². The molecule has 20 heavy (non-hydrogen) atoms. The van der Waals surface area contributed by atoms with Crippen molar-refractivity contribution in [1.29, 1.82) is 0 Å². The maximum Gasteiger partial charge on any atom is 0.230 e. The number of amides is 1. The van der Waals surface area contributed by atoms with Crippen LogP contribution in [0, 0.1) is 0 Å². The van der Waals surface area contributed by atoms with Crippen LogP contribution in [0.1, 0.15) is 6.92 Å². The average molecular weight is 356 g/mol. The largest absolute Gasteiger partial charge is 0.356 e. The van der Waals surface area contributed by atoms with E-state index in [9.17, 15) is 4.79 Å². The van der Waals surface area contributed by atoms with E-state index in [1.807, 2.05) is 31.2 Å². The Morgan fingerprint density at radius 2 is 2.20 bits per heavy atom. The summed E-state index contributed by atoms with van der Waals surface area (Å²) < 4.78 is 2.28. The zero-order valence-electron chi connectivity index (χ0n) is 10.8. The van der Waals surface area contributed by atoms with Crippen LogP contribution >= 0.6 is 27.7 Å². The molecule has 0 radical (unpaired) electrons. The smallest absolute Gasteiger partial charge is 0.230 e. The first-order valence-corrected chi connectivity index (χ1v) is 7.76. The van der Waals surface area contributed by atoms with Gasteiger partial charge in [0.25, 0.3) is 0 Å². The number of rotatable bonds is 5. The zero-order chi connectivity index (χ0) is 14.5. The van der Waals surface area contributed by atoms with Crippen molar-refractivity contribution in [3.63, 3.8) is 0 Å². The van der Waals surface area contributed by atoms with Gasteiger partial charge in [-0.2, -0.15) is 0 Å². The third kappa shape index (κ3) is 3.31. The summed E-state index contributed by atoms with van der Waals surface area (Å²) in [6, 6.07) is 7.62. The fourth-order valence-corrected chi connectivity index (χ4v) is 2.73. The van der Waals surface area contributed by atoms with Crippen LogP contribution in [-0.2, 0) is 4.79 Å². The summed E-state index contributed by atoms with van der Waals surface area (Å²) in [5, 5.41) is 11.3. The molecule has 2 rings (SSSR count). The quantitative estimate of drug-likeness (QED) is 0.629. The van der Waals surface area contributed by atoms with Crippen molar-refractivity contribution in [1.82, 2.24) is 20.2 Å². The molecule has 8 heteroatoms. The number of nitrogens with two attached hydrogens (primary N) is 1. The van der Waals surface area contributed by atoms with Crippen LogP contribution in [0.25, 0.3) is 11.4 Å². The van der Waals surface area contributed by atoms with Crippen molar-refractivity contribution in [2.24, 2.45) is 0 Å². The second-order valence-corrected chi connectivity index (χ2v) is 5.70. The maximum atomic E-state index is 11.4. The number of carbonyl (C=O) groups excluding carboxylic acids is 1. The lowest BCUT2D eigenvalue weighted by Gasteiger charge is -2.05. The van der Waals surface area contributed by atoms with Crippen LogP contribution in [0.15, 0.2) is 33.9 Å². The second-order valence-electron chi connectivity index (χ2n) is 3.90. The number of carbonyl (C=O) groups is 1. The van der Waals surface area contributed by atoms with Gasteiger partial charge in [0.2, 0.25) is 11.1 Å². The molecule has 0 saturated carbocycles. The average Bonchev–Trinajstić information content (AvgIpc) is 2.79. The number of nitrogens with one attached hydrogen (secondary N) is 1. The van der Waals surface area contributed by atoms with Gasteiger partial charge in [-0.05, 0) is 19.1 Å². The van der Waals surface area contributed by atoms with E-state index in [0.29, 0.717) is 17.5 Å². The molecule has 1 heterocycles. The number of thioether (sulfide) groups is 1. The van der Waals surface area contributed by atoms with Gasteiger partial charge in [0.15, 0.2) is 5.82 Å². The second kappa shape index (κ2) is 6.76. The molecule has 3 N–H and O–H groups in total. The Kier molecular flexibility index (Phi) is 5.02. The van der Waals surface area contributed by atoms with Crippen LogP contribution in [0.3, 0.4) is 0 Å². The van der Waals surface area contributed by atoms with Crippen LogP contribution in [0.5, 0.6) is 0 Å². The summed E-state index contributed by atoms with van der Waals surface area (Å²) in [6.45, 7) is 2.48. The van der Waals surface area contributed by atoms with Gasteiger partial charge in [0.05, 0.1) is 5.75 Å². The Morgan fingerprint density at radius 3 is 2.90 bits per heavy atom. The predicted octanol–water partition coefficient (Wildman–Crippen LogP) is 1.65. The van der Waals surface area contributed by atoms with Gasteiger partial charge in [-0.15, -0.1) is 10.2 Å². The highest BCUT2D eigenvalue weighted by Crippen LogP contribution is 2.27. The number of hydrogen-bond donors (Lipinski definition) is 2. The summed E-state index contributed by atoms with van der Waals surface area (Å²) in [5.41, 5.74) is 0.854. The van der Waals surface area contributed by atoms with Crippen molar-refractivity contribution in [2.45, 2.75) is 12.1 Å². The van der Waals surface area contributed by atoms with Gasteiger partial charge in [-0.1, -0.05) is 39.8 Å². The first kappa shape index (κ1) is 14.9. The van der Waals surface area contributed by atoms with Gasteiger partial charge >= 0.3 is 0 Å². The molecule has 0 saturated heterocycles. The Balaban J connectivity index is 2.15. The molecule has 0 atom stereocenters. The molecule has 0 fully saturated rings. The molecule has 0 aliphatic rings. The third-order valence-corrected chi connectivity index (χ3v) is 4.12. The minimum absolute atomic E-state index is 0.0528. The fraction of sp³-hybridized carbons (Fsp3) is 0.250. The normalized spacial score (nSPS) is 10.5. The van der Waals surface area contributed by atoms with E-state index in [0.717, 1.165) is 10.0 Å². The number of nitrogens with zero attached hydrogens (tertiary/aromatic N) is 3. The molecule has 0 aliphatic heterocycles. The van der Waals surface area contributed by atoms with E-state index in [1.54, 1.807) is 0 Å². The molecule has 6 nitrogen and oxygen atoms in total. The van der Waals surface area contributed by atoms with E-state index in [4.69, 9.17) is 5.84 Å². The van der Waals surface area contributed by atoms with Crippen molar-refractivity contribution >= 4 is 33.6 Å². The minimum Gasteiger partial charge on any atom is -0.356 e. The monoisotopic (exact) mass is 355 g/mol. The Morgan fingerprint density at radius 1 is 1.45 bits per heavy atom. The summed E-state index contributed by atoms with van der Waals surface area (Å²) in [5.74, 6) is 6.74. The van der Waals surface area contributed by atoms with Gasteiger partial charge in [-0.25, -0.2) is 4.68 Å². The van der Waals surface area contributed by atoms with E-state index >= 15 is 0 Å². The number of benzene rings is 1. The molecule has 0 bridgehead atoms. The highest BCUT2D eigenvalue weighted by Gasteiger charge is 2.15. The molecule has 1 amide bonds. The molecule has 0 spiro atoms. The summed E-state index contributed by atoms with van der Waals surface area (Å²) in [7, 11) is 0. The summed E-state index contributed by atoms with van der Waals surface area (Å²) >= 11 is 4.71. The maximum absolute atomic E-state index is 11.4. The molecule has 106 valence electrons. The predicted molar refractivity (Wildman–Crippen MR) is 82.7 cm³/mol. The van der Waals surface area contributed by atoms with Gasteiger partial charge in [0, 0.05) is 16.6 Å². The van der Waals surface area contributed by atoms with Crippen LogP contribution in [-0.4, -0.2) is 33.1 Å². The number of halogens is 1. The SMILES string of the molecule is CCNC(=O)CSc1nnc(-c2ccccc2Br)n1N. The lowest BCUT2D eigenvalue weighted by molar-refractivity contribution is -0.118. The summed E-state index contributed by atoms with van der Waals surface area (Å²) in [4.78, 5) is 11.4. The first-order chi connectivity index (χ1) is 9.63. The molecular weight excluding hydrogens is 342 g/mol. The number of nitrogen functional groups attached to an aromatic ring is 1. The minimum atomic E-state index is -0.0528. The van der Waals surface area contributed by atoms with E-state index < -0.39 is 0 Å². The molecule has 0 unspecified atom stereocenters. The van der Waals surface area contributed by atoms with Gasteiger partial charge < -0.3 is 11.2 Å². The fourth-order valence-electron chi connectivity index (χ4n) is 1.58. The van der Waals surface area contributed by atoms with Crippen LogP contribution in [0.2, 0.25) is 0 Å². The van der Waals surface area contributed by atoms with Crippen molar-refractivity contribution in [3.05, 3.63) is 28.7 Å². The van der Waals surface area contributed by atoms with E-state index in [2.05, 4.69) is 31.4 Å². The van der Waals surface area contributed by atoms with E-state index in [1.165, 1.54) is 16.4 Å². The van der Waals surface area contributed by atoms with Crippen molar-refractivity contribution in [2.75, 3.05) is 18.1 Å². The standard InChI is InChI=1S/C12H14BrN5OS/c1-2-15-10(19)7-20-12-17-16-11(18(12)14)8-5-3-4-6-9(8)13/h3-6H,2,7,14H2,1H3,(H,15,19).